The molecule has 5 rings (SSSR count). The van der Waals surface area contributed by atoms with E-state index in [0.717, 1.165) is 18.4 Å². The molecule has 4 aliphatic carbocycles. The Balaban J connectivity index is 2.16. The zero-order valence-electron chi connectivity index (χ0n) is 10.2. The highest BCUT2D eigenvalue weighted by Crippen LogP contribution is 2.58. The summed E-state index contributed by atoms with van der Waals surface area (Å²) in [7, 11) is 1.58. The molecular formula is C15H14O3. The maximum atomic E-state index is 12.2. The number of ether oxygens (including phenoxy) is 1. The molecule has 2 atom stereocenters. The van der Waals surface area contributed by atoms with E-state index in [4.69, 9.17) is 4.74 Å². The molecule has 0 saturated heterocycles. The van der Waals surface area contributed by atoms with Crippen molar-refractivity contribution in [3.8, 4) is 5.75 Å². The molecule has 0 aliphatic heterocycles. The van der Waals surface area contributed by atoms with Gasteiger partial charge in [-0.05, 0) is 36.1 Å². The van der Waals surface area contributed by atoms with Crippen molar-refractivity contribution in [2.75, 3.05) is 7.11 Å². The van der Waals surface area contributed by atoms with Crippen LogP contribution < -0.4 is 4.74 Å². The van der Waals surface area contributed by atoms with Crippen molar-refractivity contribution < 1.29 is 14.6 Å². The van der Waals surface area contributed by atoms with Crippen LogP contribution >= 0.6 is 0 Å². The van der Waals surface area contributed by atoms with Gasteiger partial charge in [0.05, 0.1) is 7.11 Å². The van der Waals surface area contributed by atoms with Gasteiger partial charge in [0.25, 0.3) is 0 Å². The van der Waals surface area contributed by atoms with E-state index in [1.54, 1.807) is 13.2 Å². The van der Waals surface area contributed by atoms with Gasteiger partial charge in [0.15, 0.2) is 11.4 Å². The number of hydrogen-bond acceptors (Lipinski definition) is 3. The topological polar surface area (TPSA) is 46.5 Å². The SMILES string of the molecule is COc1ccc2c3c1C1(O)C=CC3(CC2)CC1=O. The number of benzene rings is 1. The number of fused-ring (bicyclic) bond motifs is 1. The van der Waals surface area contributed by atoms with Crippen molar-refractivity contribution in [3.63, 3.8) is 0 Å². The Morgan fingerprint density at radius 1 is 1.28 bits per heavy atom. The fourth-order valence-electron chi connectivity index (χ4n) is 3.85. The Hall–Kier alpha value is -1.61. The van der Waals surface area contributed by atoms with Gasteiger partial charge in [-0.2, -0.15) is 0 Å². The molecule has 18 heavy (non-hydrogen) atoms. The Labute approximate surface area is 105 Å². The zero-order chi connectivity index (χ0) is 12.5. The van der Waals surface area contributed by atoms with E-state index < -0.39 is 5.60 Å². The minimum Gasteiger partial charge on any atom is -0.496 e. The Bertz CT molecular complexity index is 616. The number of ketones is 1. The third kappa shape index (κ3) is 0.905. The molecule has 1 aromatic rings. The number of carbonyl (C=O) groups is 1. The molecule has 0 radical (unpaired) electrons. The predicted molar refractivity (Wildman–Crippen MR) is 65.7 cm³/mol. The quantitative estimate of drug-likeness (QED) is 0.761. The van der Waals surface area contributed by atoms with Crippen molar-refractivity contribution in [2.45, 2.75) is 30.3 Å². The third-order valence-electron chi connectivity index (χ3n) is 4.74. The van der Waals surface area contributed by atoms with Crippen LogP contribution in [0, 0.1) is 0 Å². The summed E-state index contributed by atoms with van der Waals surface area (Å²) in [4.78, 5) is 12.2. The molecule has 1 aromatic carbocycles. The van der Waals surface area contributed by atoms with Gasteiger partial charge in [0.2, 0.25) is 0 Å². The lowest BCUT2D eigenvalue weighted by Gasteiger charge is -2.45. The number of aliphatic hydroxyl groups is 1. The number of hydrogen-bond donors (Lipinski definition) is 1. The fraction of sp³-hybridized carbons (Fsp3) is 0.400. The van der Waals surface area contributed by atoms with Crippen molar-refractivity contribution in [1.82, 2.24) is 0 Å². The van der Waals surface area contributed by atoms with Crippen molar-refractivity contribution in [1.29, 1.82) is 0 Å². The van der Waals surface area contributed by atoms with Gasteiger partial charge in [0, 0.05) is 17.4 Å². The van der Waals surface area contributed by atoms with Gasteiger partial charge in [-0.25, -0.2) is 0 Å². The first-order valence-electron chi connectivity index (χ1n) is 6.28. The number of Topliss-reactive ketones (excluding diaryl/α,β-unsaturated/α-hetero) is 1. The largest absolute Gasteiger partial charge is 0.496 e. The summed E-state index contributed by atoms with van der Waals surface area (Å²) in [6.45, 7) is 0. The van der Waals surface area contributed by atoms with Crippen LogP contribution in [0.5, 0.6) is 5.75 Å². The molecule has 0 heterocycles. The molecular weight excluding hydrogens is 228 g/mol. The van der Waals surface area contributed by atoms with Crippen LogP contribution in [0.15, 0.2) is 24.3 Å². The maximum absolute atomic E-state index is 12.2. The van der Waals surface area contributed by atoms with Crippen LogP contribution in [-0.2, 0) is 22.2 Å². The minimum absolute atomic E-state index is 0.102. The lowest BCUT2D eigenvalue weighted by Crippen LogP contribution is -2.49. The van der Waals surface area contributed by atoms with Crippen LogP contribution in [0.2, 0.25) is 0 Å². The number of aryl methyl sites for hydroxylation is 1. The fourth-order valence-corrected chi connectivity index (χ4v) is 3.85. The predicted octanol–water partition coefficient (Wildman–Crippen LogP) is 1.61. The average Bonchev–Trinajstić information content (AvgIpc) is 2.73. The average molecular weight is 242 g/mol. The molecule has 4 aliphatic rings. The van der Waals surface area contributed by atoms with Crippen LogP contribution in [-0.4, -0.2) is 18.0 Å². The monoisotopic (exact) mass is 242 g/mol. The smallest absolute Gasteiger partial charge is 0.174 e. The highest BCUT2D eigenvalue weighted by molar-refractivity contribution is 5.97. The van der Waals surface area contributed by atoms with Gasteiger partial charge >= 0.3 is 0 Å². The standard InChI is InChI=1S/C15H14O3/c1-18-10-3-2-9-4-5-14-6-7-15(17,11(16)8-14)13(10)12(9)14/h2-3,6-7,17H,4-5,8H2,1H3. The number of methoxy groups -OCH3 is 1. The molecule has 0 saturated carbocycles. The lowest BCUT2D eigenvalue weighted by molar-refractivity contribution is -0.137. The zero-order valence-corrected chi connectivity index (χ0v) is 10.2. The summed E-state index contributed by atoms with van der Waals surface area (Å²) >= 11 is 0. The van der Waals surface area contributed by atoms with E-state index in [1.807, 2.05) is 12.1 Å². The van der Waals surface area contributed by atoms with Crippen molar-refractivity contribution in [2.24, 2.45) is 0 Å². The molecule has 0 amide bonds. The van der Waals surface area contributed by atoms with Crippen LogP contribution in [0.4, 0.5) is 0 Å². The Morgan fingerprint density at radius 2 is 2.11 bits per heavy atom. The number of carbonyl (C=O) groups excluding carboxylic acids is 1. The summed E-state index contributed by atoms with van der Waals surface area (Å²) in [5, 5.41) is 10.7. The number of rotatable bonds is 1. The first-order valence-corrected chi connectivity index (χ1v) is 6.28. The second-order valence-corrected chi connectivity index (χ2v) is 5.53. The van der Waals surface area contributed by atoms with Crippen LogP contribution in [0.1, 0.15) is 29.5 Å². The van der Waals surface area contributed by atoms with E-state index in [0.29, 0.717) is 17.7 Å². The summed E-state index contributed by atoms with van der Waals surface area (Å²) < 4.78 is 5.36. The van der Waals surface area contributed by atoms with Gasteiger partial charge in [0.1, 0.15) is 5.75 Å². The summed E-state index contributed by atoms with van der Waals surface area (Å²) in [5.74, 6) is 0.523. The lowest BCUT2D eigenvalue weighted by atomic mass is 9.60. The molecule has 3 nitrogen and oxygen atoms in total. The van der Waals surface area contributed by atoms with Crippen molar-refractivity contribution >= 4 is 5.78 Å². The van der Waals surface area contributed by atoms with Crippen LogP contribution in [0.25, 0.3) is 0 Å². The molecule has 1 spiro atoms. The summed E-state index contributed by atoms with van der Waals surface area (Å²) in [5.41, 5.74) is 1.44. The maximum Gasteiger partial charge on any atom is 0.174 e. The molecule has 0 fully saturated rings. The molecule has 0 aromatic heterocycles. The first-order chi connectivity index (χ1) is 8.61. The third-order valence-corrected chi connectivity index (χ3v) is 4.74. The molecule has 1 N–H and O–H groups in total. The highest BCUT2D eigenvalue weighted by Gasteiger charge is 2.57. The van der Waals surface area contributed by atoms with Gasteiger partial charge in [-0.1, -0.05) is 12.1 Å². The van der Waals surface area contributed by atoms with E-state index >= 15 is 0 Å². The van der Waals surface area contributed by atoms with Gasteiger partial charge in [-0.3, -0.25) is 4.79 Å². The van der Waals surface area contributed by atoms with Gasteiger partial charge in [-0.15, -0.1) is 0 Å². The summed E-state index contributed by atoms with van der Waals surface area (Å²) in [6.07, 6.45) is 6.06. The van der Waals surface area contributed by atoms with E-state index in [-0.39, 0.29) is 11.2 Å². The normalized spacial score (nSPS) is 34.9. The first kappa shape index (κ1) is 10.3. The second kappa shape index (κ2) is 2.86. The minimum atomic E-state index is -1.47. The molecule has 92 valence electrons. The van der Waals surface area contributed by atoms with E-state index in [1.165, 1.54) is 5.56 Å². The Morgan fingerprint density at radius 3 is 2.83 bits per heavy atom. The highest BCUT2D eigenvalue weighted by atomic mass is 16.5. The van der Waals surface area contributed by atoms with E-state index in [2.05, 4.69) is 6.07 Å². The second-order valence-electron chi connectivity index (χ2n) is 5.53. The summed E-state index contributed by atoms with van der Waals surface area (Å²) in [6, 6.07) is 3.93. The molecule has 3 heteroatoms. The van der Waals surface area contributed by atoms with Crippen molar-refractivity contribution in [3.05, 3.63) is 41.0 Å². The Kier molecular flexibility index (Phi) is 1.64. The molecule has 2 unspecified atom stereocenters. The number of allylic oxidation sites excluding steroid dienone is 1. The van der Waals surface area contributed by atoms with E-state index in [9.17, 15) is 9.90 Å². The van der Waals surface area contributed by atoms with Gasteiger partial charge < -0.3 is 9.84 Å². The van der Waals surface area contributed by atoms with Crippen LogP contribution in [0.3, 0.4) is 0 Å². The molecule has 2 bridgehead atoms.